The molecule has 3 rings (SSSR count). The van der Waals surface area contributed by atoms with E-state index in [-0.39, 0.29) is 0 Å². The van der Waals surface area contributed by atoms with Crippen molar-refractivity contribution in [2.75, 3.05) is 6.61 Å². The molecule has 0 bridgehead atoms. The summed E-state index contributed by atoms with van der Waals surface area (Å²) in [6.45, 7) is 3.40. The van der Waals surface area contributed by atoms with Crippen molar-refractivity contribution in [2.24, 2.45) is 0 Å². The summed E-state index contributed by atoms with van der Waals surface area (Å²) in [4.78, 5) is 4.67. The number of aryl methyl sites for hydroxylation is 2. The highest BCUT2D eigenvalue weighted by molar-refractivity contribution is 5.42. The molecule has 0 aliphatic heterocycles. The molecule has 2 aromatic rings. The molecule has 0 saturated carbocycles. The second-order valence-electron chi connectivity index (χ2n) is 5.37. The van der Waals surface area contributed by atoms with Crippen LogP contribution in [0.25, 0.3) is 0 Å². The van der Waals surface area contributed by atoms with Gasteiger partial charge in [0.15, 0.2) is 0 Å². The Bertz CT molecular complexity index is 682. The summed E-state index contributed by atoms with van der Waals surface area (Å²) in [6, 6.07) is 9.51. The number of ether oxygens (including phenoxy) is 1. The number of benzene rings is 1. The SMILES string of the molecule is Cc1nc2c(n1CCOc1ccccc1C#N)CCCC2. The molecule has 0 fully saturated rings. The van der Waals surface area contributed by atoms with Gasteiger partial charge in [-0.2, -0.15) is 5.26 Å². The fourth-order valence-electron chi connectivity index (χ4n) is 2.96. The molecule has 0 spiro atoms. The molecule has 1 heterocycles. The Kier molecular flexibility index (Phi) is 3.92. The lowest BCUT2D eigenvalue weighted by molar-refractivity contribution is 0.294. The Balaban J connectivity index is 1.69. The Hall–Kier alpha value is -2.28. The molecular weight excluding hydrogens is 262 g/mol. The van der Waals surface area contributed by atoms with E-state index in [1.165, 1.54) is 24.2 Å². The number of aromatic nitrogens is 2. The third-order valence-electron chi connectivity index (χ3n) is 4.00. The zero-order chi connectivity index (χ0) is 14.7. The lowest BCUT2D eigenvalue weighted by Gasteiger charge is -2.15. The van der Waals surface area contributed by atoms with E-state index in [2.05, 4.69) is 22.5 Å². The summed E-state index contributed by atoms with van der Waals surface area (Å²) in [5.41, 5.74) is 3.22. The minimum Gasteiger partial charge on any atom is -0.490 e. The van der Waals surface area contributed by atoms with Crippen molar-refractivity contribution in [1.29, 1.82) is 5.26 Å². The Morgan fingerprint density at radius 2 is 2.10 bits per heavy atom. The largest absolute Gasteiger partial charge is 0.490 e. The number of rotatable bonds is 4. The van der Waals surface area contributed by atoms with Crippen LogP contribution in [0.2, 0.25) is 0 Å². The third-order valence-corrected chi connectivity index (χ3v) is 4.00. The molecule has 0 unspecified atom stereocenters. The lowest BCUT2D eigenvalue weighted by Crippen LogP contribution is -2.14. The van der Waals surface area contributed by atoms with Crippen molar-refractivity contribution in [1.82, 2.24) is 9.55 Å². The average molecular weight is 281 g/mol. The summed E-state index contributed by atoms with van der Waals surface area (Å²) < 4.78 is 8.04. The van der Waals surface area contributed by atoms with E-state index in [9.17, 15) is 0 Å². The normalized spacial score (nSPS) is 13.5. The number of hydrogen-bond acceptors (Lipinski definition) is 3. The van der Waals surface area contributed by atoms with Crippen LogP contribution in [0.5, 0.6) is 5.75 Å². The maximum atomic E-state index is 9.06. The molecule has 0 radical (unpaired) electrons. The van der Waals surface area contributed by atoms with Crippen molar-refractivity contribution in [2.45, 2.75) is 39.2 Å². The average Bonchev–Trinajstić information content (AvgIpc) is 2.84. The first-order valence-electron chi connectivity index (χ1n) is 7.46. The minimum absolute atomic E-state index is 0.558. The van der Waals surface area contributed by atoms with Crippen LogP contribution < -0.4 is 4.74 Å². The number of nitrogens with zero attached hydrogens (tertiary/aromatic N) is 3. The van der Waals surface area contributed by atoms with Gasteiger partial charge in [-0.05, 0) is 44.7 Å². The van der Waals surface area contributed by atoms with Crippen LogP contribution in [0.4, 0.5) is 0 Å². The first-order valence-corrected chi connectivity index (χ1v) is 7.46. The quantitative estimate of drug-likeness (QED) is 0.865. The minimum atomic E-state index is 0.558. The van der Waals surface area contributed by atoms with Gasteiger partial charge in [0, 0.05) is 5.69 Å². The summed E-state index contributed by atoms with van der Waals surface area (Å²) in [5, 5.41) is 9.06. The number of para-hydroxylation sites is 1. The van der Waals surface area contributed by atoms with E-state index in [0.717, 1.165) is 25.2 Å². The molecular formula is C17H19N3O. The van der Waals surface area contributed by atoms with E-state index in [4.69, 9.17) is 10.00 Å². The lowest BCUT2D eigenvalue weighted by atomic mass is 10.0. The Morgan fingerprint density at radius 3 is 2.95 bits per heavy atom. The van der Waals surface area contributed by atoms with Crippen LogP contribution in [-0.2, 0) is 19.4 Å². The van der Waals surface area contributed by atoms with E-state index >= 15 is 0 Å². The van der Waals surface area contributed by atoms with Crippen LogP contribution >= 0.6 is 0 Å². The fraction of sp³-hybridized carbons (Fsp3) is 0.412. The van der Waals surface area contributed by atoms with Crippen LogP contribution in [0, 0.1) is 18.3 Å². The first-order chi connectivity index (χ1) is 10.3. The number of fused-ring (bicyclic) bond motifs is 1. The molecule has 0 atom stereocenters. The van der Waals surface area contributed by atoms with Crippen molar-refractivity contribution in [3.05, 3.63) is 47.0 Å². The molecule has 4 nitrogen and oxygen atoms in total. The predicted molar refractivity (Wildman–Crippen MR) is 80.3 cm³/mol. The highest BCUT2D eigenvalue weighted by Gasteiger charge is 2.17. The van der Waals surface area contributed by atoms with Crippen LogP contribution in [-0.4, -0.2) is 16.2 Å². The van der Waals surface area contributed by atoms with Crippen molar-refractivity contribution < 1.29 is 4.74 Å². The molecule has 0 amide bonds. The smallest absolute Gasteiger partial charge is 0.137 e. The van der Waals surface area contributed by atoms with Gasteiger partial charge in [-0.15, -0.1) is 0 Å². The van der Waals surface area contributed by atoms with E-state index < -0.39 is 0 Å². The standard InChI is InChI=1S/C17H19N3O/c1-13-19-15-7-3-4-8-16(15)20(13)10-11-21-17-9-5-2-6-14(17)12-18/h2,5-6,9H,3-4,7-8,10-11H2,1H3. The van der Waals surface area contributed by atoms with Gasteiger partial charge >= 0.3 is 0 Å². The monoisotopic (exact) mass is 281 g/mol. The van der Waals surface area contributed by atoms with E-state index in [1.807, 2.05) is 18.2 Å². The molecule has 1 aliphatic carbocycles. The molecule has 108 valence electrons. The topological polar surface area (TPSA) is 50.8 Å². The maximum Gasteiger partial charge on any atom is 0.137 e. The molecule has 21 heavy (non-hydrogen) atoms. The molecule has 4 heteroatoms. The highest BCUT2D eigenvalue weighted by Crippen LogP contribution is 2.22. The molecule has 1 aromatic heterocycles. The van der Waals surface area contributed by atoms with Crippen LogP contribution in [0.3, 0.4) is 0 Å². The van der Waals surface area contributed by atoms with Gasteiger partial charge in [-0.1, -0.05) is 12.1 Å². The zero-order valence-corrected chi connectivity index (χ0v) is 12.3. The van der Waals surface area contributed by atoms with Gasteiger partial charge in [-0.25, -0.2) is 4.98 Å². The van der Waals surface area contributed by atoms with Gasteiger partial charge < -0.3 is 9.30 Å². The summed E-state index contributed by atoms with van der Waals surface area (Å²) in [5.74, 6) is 1.73. The Labute approximate surface area is 125 Å². The summed E-state index contributed by atoms with van der Waals surface area (Å²) in [7, 11) is 0. The maximum absolute atomic E-state index is 9.06. The van der Waals surface area contributed by atoms with Gasteiger partial charge in [0.05, 0.1) is 17.8 Å². The van der Waals surface area contributed by atoms with Crippen molar-refractivity contribution >= 4 is 0 Å². The van der Waals surface area contributed by atoms with E-state index in [1.54, 1.807) is 6.07 Å². The van der Waals surface area contributed by atoms with E-state index in [0.29, 0.717) is 17.9 Å². The molecule has 1 aromatic carbocycles. The number of hydrogen-bond donors (Lipinski definition) is 0. The second-order valence-corrected chi connectivity index (χ2v) is 5.37. The summed E-state index contributed by atoms with van der Waals surface area (Å²) >= 11 is 0. The third kappa shape index (κ3) is 2.78. The zero-order valence-electron chi connectivity index (χ0n) is 12.3. The fourth-order valence-corrected chi connectivity index (χ4v) is 2.96. The molecule has 0 N–H and O–H groups in total. The van der Waals surface area contributed by atoms with Gasteiger partial charge in [0.25, 0.3) is 0 Å². The van der Waals surface area contributed by atoms with Gasteiger partial charge in [0.1, 0.15) is 24.3 Å². The summed E-state index contributed by atoms with van der Waals surface area (Å²) in [6.07, 6.45) is 4.71. The Morgan fingerprint density at radius 1 is 1.29 bits per heavy atom. The molecule has 1 aliphatic rings. The molecule has 0 saturated heterocycles. The van der Waals surface area contributed by atoms with Gasteiger partial charge in [-0.3, -0.25) is 0 Å². The van der Waals surface area contributed by atoms with Crippen molar-refractivity contribution in [3.63, 3.8) is 0 Å². The number of nitriles is 1. The van der Waals surface area contributed by atoms with Crippen LogP contribution in [0.1, 0.15) is 35.6 Å². The first kappa shape index (κ1) is 13.7. The second kappa shape index (κ2) is 6.01. The van der Waals surface area contributed by atoms with Crippen molar-refractivity contribution in [3.8, 4) is 11.8 Å². The van der Waals surface area contributed by atoms with Crippen LogP contribution in [0.15, 0.2) is 24.3 Å². The van der Waals surface area contributed by atoms with Gasteiger partial charge in [0.2, 0.25) is 0 Å². The number of imidazole rings is 1. The highest BCUT2D eigenvalue weighted by atomic mass is 16.5. The predicted octanol–water partition coefficient (Wildman–Crippen LogP) is 3.02.